The highest BCUT2D eigenvalue weighted by Crippen LogP contribution is 2.29. The molecule has 2 N–H and O–H groups in total. The lowest BCUT2D eigenvalue weighted by Gasteiger charge is -2.02. The van der Waals surface area contributed by atoms with Crippen molar-refractivity contribution in [3.05, 3.63) is 40.8 Å². The van der Waals surface area contributed by atoms with E-state index in [1.807, 2.05) is 13.0 Å². The fraction of sp³-hybridized carbons (Fsp3) is 0.167. The molecule has 0 fully saturated rings. The second-order valence-electron chi connectivity index (χ2n) is 3.48. The van der Waals surface area contributed by atoms with Gasteiger partial charge in [-0.2, -0.15) is 0 Å². The SMILES string of the molecule is Cc1ccc(-c2ccc(C)c(N)c2)s1. The van der Waals surface area contributed by atoms with Crippen LogP contribution in [-0.2, 0) is 0 Å². The van der Waals surface area contributed by atoms with Crippen molar-refractivity contribution in [3.63, 3.8) is 0 Å². The van der Waals surface area contributed by atoms with Crippen molar-refractivity contribution in [2.24, 2.45) is 0 Å². The van der Waals surface area contributed by atoms with Gasteiger partial charge in [0.2, 0.25) is 0 Å². The van der Waals surface area contributed by atoms with E-state index in [-0.39, 0.29) is 0 Å². The zero-order valence-corrected chi connectivity index (χ0v) is 9.19. The highest BCUT2D eigenvalue weighted by atomic mass is 32.1. The summed E-state index contributed by atoms with van der Waals surface area (Å²) in [4.78, 5) is 2.62. The lowest BCUT2D eigenvalue weighted by atomic mass is 10.1. The van der Waals surface area contributed by atoms with Gasteiger partial charge in [0.1, 0.15) is 0 Å². The monoisotopic (exact) mass is 203 g/mol. The summed E-state index contributed by atoms with van der Waals surface area (Å²) in [6.45, 7) is 4.14. The molecule has 1 aromatic carbocycles. The first kappa shape index (κ1) is 9.28. The molecule has 0 radical (unpaired) electrons. The molecule has 0 unspecified atom stereocenters. The number of nitrogen functional groups attached to an aromatic ring is 1. The maximum Gasteiger partial charge on any atom is 0.0350 e. The third-order valence-electron chi connectivity index (χ3n) is 2.30. The number of anilines is 1. The van der Waals surface area contributed by atoms with Crippen molar-refractivity contribution in [1.82, 2.24) is 0 Å². The molecule has 0 aliphatic heterocycles. The van der Waals surface area contributed by atoms with Gasteiger partial charge < -0.3 is 5.73 Å². The quantitative estimate of drug-likeness (QED) is 0.704. The lowest BCUT2D eigenvalue weighted by molar-refractivity contribution is 1.47. The summed E-state index contributed by atoms with van der Waals surface area (Å²) in [5.41, 5.74) is 9.09. The van der Waals surface area contributed by atoms with Crippen molar-refractivity contribution in [2.45, 2.75) is 13.8 Å². The normalized spacial score (nSPS) is 10.4. The molecule has 0 aliphatic carbocycles. The van der Waals surface area contributed by atoms with E-state index in [9.17, 15) is 0 Å². The second-order valence-corrected chi connectivity index (χ2v) is 4.77. The Hall–Kier alpha value is -1.28. The zero-order valence-electron chi connectivity index (χ0n) is 8.37. The second kappa shape index (κ2) is 3.46. The van der Waals surface area contributed by atoms with Gasteiger partial charge in [-0.05, 0) is 43.2 Å². The molecule has 0 bridgehead atoms. The van der Waals surface area contributed by atoms with Crippen molar-refractivity contribution >= 4 is 17.0 Å². The van der Waals surface area contributed by atoms with E-state index in [2.05, 4.69) is 31.2 Å². The minimum Gasteiger partial charge on any atom is -0.398 e. The topological polar surface area (TPSA) is 26.0 Å². The molecular weight excluding hydrogens is 190 g/mol. The Morgan fingerprint density at radius 2 is 1.86 bits per heavy atom. The fourth-order valence-corrected chi connectivity index (χ4v) is 2.25. The van der Waals surface area contributed by atoms with Gasteiger partial charge in [-0.3, -0.25) is 0 Å². The van der Waals surface area contributed by atoms with Gasteiger partial charge in [0.05, 0.1) is 0 Å². The maximum atomic E-state index is 5.87. The highest BCUT2D eigenvalue weighted by Gasteiger charge is 2.01. The number of thiophene rings is 1. The molecule has 2 heteroatoms. The van der Waals surface area contributed by atoms with Gasteiger partial charge in [0, 0.05) is 15.4 Å². The van der Waals surface area contributed by atoms with Gasteiger partial charge in [-0.1, -0.05) is 12.1 Å². The molecule has 2 rings (SSSR count). The Balaban J connectivity index is 2.47. The van der Waals surface area contributed by atoms with Gasteiger partial charge in [0.15, 0.2) is 0 Å². The molecule has 1 nitrogen and oxygen atoms in total. The summed E-state index contributed by atoms with van der Waals surface area (Å²) in [6, 6.07) is 10.5. The van der Waals surface area contributed by atoms with Crippen LogP contribution in [0.25, 0.3) is 10.4 Å². The van der Waals surface area contributed by atoms with Gasteiger partial charge in [0.25, 0.3) is 0 Å². The van der Waals surface area contributed by atoms with E-state index in [1.54, 1.807) is 11.3 Å². The largest absolute Gasteiger partial charge is 0.398 e. The molecule has 2 aromatic rings. The van der Waals surface area contributed by atoms with E-state index in [4.69, 9.17) is 5.73 Å². The average Bonchev–Trinajstić information content (AvgIpc) is 2.57. The first-order valence-electron chi connectivity index (χ1n) is 4.60. The Morgan fingerprint density at radius 1 is 1.07 bits per heavy atom. The maximum absolute atomic E-state index is 5.87. The number of aryl methyl sites for hydroxylation is 2. The lowest BCUT2D eigenvalue weighted by Crippen LogP contribution is -1.88. The Kier molecular flexibility index (Phi) is 2.30. The van der Waals surface area contributed by atoms with Crippen molar-refractivity contribution in [3.8, 4) is 10.4 Å². The zero-order chi connectivity index (χ0) is 10.1. The standard InChI is InChI=1S/C12H13NS/c1-8-3-5-10(7-11(8)13)12-6-4-9(2)14-12/h3-7H,13H2,1-2H3. The summed E-state index contributed by atoms with van der Waals surface area (Å²) in [5.74, 6) is 0. The smallest absolute Gasteiger partial charge is 0.0350 e. The molecule has 0 atom stereocenters. The molecule has 0 amide bonds. The number of hydrogen-bond acceptors (Lipinski definition) is 2. The van der Waals surface area contributed by atoms with Gasteiger partial charge in [-0.15, -0.1) is 11.3 Å². The first-order chi connectivity index (χ1) is 6.66. The van der Waals surface area contributed by atoms with Crippen LogP contribution < -0.4 is 5.73 Å². The molecule has 72 valence electrons. The van der Waals surface area contributed by atoms with E-state index in [1.165, 1.54) is 15.3 Å². The van der Waals surface area contributed by atoms with Gasteiger partial charge in [-0.25, -0.2) is 0 Å². The third-order valence-corrected chi connectivity index (χ3v) is 3.35. The summed E-state index contributed by atoms with van der Waals surface area (Å²) < 4.78 is 0. The summed E-state index contributed by atoms with van der Waals surface area (Å²) >= 11 is 1.80. The molecule has 1 heterocycles. The summed E-state index contributed by atoms with van der Waals surface area (Å²) in [7, 11) is 0. The molecular formula is C12H13NS. The highest BCUT2D eigenvalue weighted by molar-refractivity contribution is 7.15. The predicted molar refractivity (Wildman–Crippen MR) is 63.6 cm³/mol. The van der Waals surface area contributed by atoms with Crippen molar-refractivity contribution in [2.75, 3.05) is 5.73 Å². The van der Waals surface area contributed by atoms with Crippen LogP contribution in [0.2, 0.25) is 0 Å². The summed E-state index contributed by atoms with van der Waals surface area (Å²) in [6.07, 6.45) is 0. The number of rotatable bonds is 1. The Morgan fingerprint density at radius 3 is 2.43 bits per heavy atom. The van der Waals surface area contributed by atoms with Crippen LogP contribution in [-0.4, -0.2) is 0 Å². The van der Waals surface area contributed by atoms with Crippen LogP contribution in [0, 0.1) is 13.8 Å². The minimum absolute atomic E-state index is 0.869. The third kappa shape index (κ3) is 1.66. The molecule has 14 heavy (non-hydrogen) atoms. The molecule has 0 saturated carbocycles. The molecule has 0 spiro atoms. The van der Waals surface area contributed by atoms with Crippen molar-refractivity contribution in [1.29, 1.82) is 0 Å². The van der Waals surface area contributed by atoms with E-state index in [0.717, 1.165) is 11.3 Å². The molecule has 0 saturated heterocycles. The Labute approximate surface area is 88.2 Å². The fourth-order valence-electron chi connectivity index (χ4n) is 1.38. The van der Waals surface area contributed by atoms with E-state index >= 15 is 0 Å². The van der Waals surface area contributed by atoms with Crippen LogP contribution in [0.5, 0.6) is 0 Å². The number of benzene rings is 1. The van der Waals surface area contributed by atoms with Crippen molar-refractivity contribution < 1.29 is 0 Å². The molecule has 1 aromatic heterocycles. The van der Waals surface area contributed by atoms with E-state index < -0.39 is 0 Å². The predicted octanol–water partition coefficient (Wildman–Crippen LogP) is 3.61. The van der Waals surface area contributed by atoms with Crippen LogP contribution in [0.3, 0.4) is 0 Å². The van der Waals surface area contributed by atoms with Crippen LogP contribution >= 0.6 is 11.3 Å². The average molecular weight is 203 g/mol. The first-order valence-corrected chi connectivity index (χ1v) is 5.41. The number of hydrogen-bond donors (Lipinski definition) is 1. The number of nitrogens with two attached hydrogens (primary N) is 1. The van der Waals surface area contributed by atoms with Crippen LogP contribution in [0.4, 0.5) is 5.69 Å². The molecule has 0 aliphatic rings. The van der Waals surface area contributed by atoms with Crippen LogP contribution in [0.1, 0.15) is 10.4 Å². The minimum atomic E-state index is 0.869. The van der Waals surface area contributed by atoms with Crippen LogP contribution in [0.15, 0.2) is 30.3 Å². The van der Waals surface area contributed by atoms with E-state index in [0.29, 0.717) is 0 Å². The Bertz CT molecular complexity index is 457. The van der Waals surface area contributed by atoms with Gasteiger partial charge >= 0.3 is 0 Å². The summed E-state index contributed by atoms with van der Waals surface area (Å²) in [5, 5.41) is 0.